The lowest BCUT2D eigenvalue weighted by molar-refractivity contribution is 0.0759. The molecule has 0 saturated heterocycles. The van der Waals surface area contributed by atoms with Crippen molar-refractivity contribution in [1.82, 2.24) is 19.2 Å². The predicted octanol–water partition coefficient (Wildman–Crippen LogP) is 2.30. The number of rotatable bonds is 6. The number of aromatic nitrogens is 2. The van der Waals surface area contributed by atoms with E-state index in [1.165, 1.54) is 0 Å². The van der Waals surface area contributed by atoms with Gasteiger partial charge in [-0.15, -0.1) is 0 Å². The summed E-state index contributed by atoms with van der Waals surface area (Å²) >= 11 is 0. The summed E-state index contributed by atoms with van der Waals surface area (Å²) in [5.41, 5.74) is 1.00. The fourth-order valence-electron chi connectivity index (χ4n) is 2.66. The molecule has 124 valence electrons. The van der Waals surface area contributed by atoms with E-state index in [0.717, 1.165) is 0 Å². The van der Waals surface area contributed by atoms with Gasteiger partial charge < -0.3 is 9.80 Å². The standard InChI is InChI=1S/C17H24N4O2/c1-5-19(6-2)16(22)14-13-11-9-10-12-21(13)15(18-14)17(23)20(7-3)8-4/h9-12H,5-8H2,1-4H3. The highest BCUT2D eigenvalue weighted by Crippen LogP contribution is 2.17. The summed E-state index contributed by atoms with van der Waals surface area (Å²) in [6.07, 6.45) is 1.78. The first-order valence-electron chi connectivity index (χ1n) is 8.14. The van der Waals surface area contributed by atoms with Crippen molar-refractivity contribution >= 4 is 17.3 Å². The maximum Gasteiger partial charge on any atom is 0.290 e. The van der Waals surface area contributed by atoms with Gasteiger partial charge in [0.1, 0.15) is 0 Å². The molecular formula is C17H24N4O2. The van der Waals surface area contributed by atoms with E-state index in [1.807, 2.05) is 45.9 Å². The quantitative estimate of drug-likeness (QED) is 0.821. The van der Waals surface area contributed by atoms with Gasteiger partial charge in [-0.05, 0) is 39.8 Å². The molecule has 0 saturated carbocycles. The van der Waals surface area contributed by atoms with E-state index in [4.69, 9.17) is 0 Å². The summed E-state index contributed by atoms with van der Waals surface area (Å²) < 4.78 is 1.71. The molecule has 6 heteroatoms. The van der Waals surface area contributed by atoms with Crippen LogP contribution in [-0.2, 0) is 0 Å². The lowest BCUT2D eigenvalue weighted by Gasteiger charge is -2.17. The Kier molecular flexibility index (Phi) is 5.36. The minimum Gasteiger partial charge on any atom is -0.338 e. The Morgan fingerprint density at radius 2 is 1.52 bits per heavy atom. The summed E-state index contributed by atoms with van der Waals surface area (Å²) in [5, 5.41) is 0. The van der Waals surface area contributed by atoms with Crippen molar-refractivity contribution in [3.8, 4) is 0 Å². The summed E-state index contributed by atoms with van der Waals surface area (Å²) in [5.74, 6) is -0.00750. The average Bonchev–Trinajstić information content (AvgIpc) is 2.96. The van der Waals surface area contributed by atoms with Crippen molar-refractivity contribution in [2.75, 3.05) is 26.2 Å². The first kappa shape index (κ1) is 17.0. The van der Waals surface area contributed by atoms with Crippen LogP contribution in [0.15, 0.2) is 24.4 Å². The number of imidazole rings is 1. The molecule has 2 heterocycles. The largest absolute Gasteiger partial charge is 0.338 e. The molecule has 0 aliphatic carbocycles. The van der Waals surface area contributed by atoms with Gasteiger partial charge in [-0.3, -0.25) is 14.0 Å². The SMILES string of the molecule is CCN(CC)C(=O)c1nc(C(=O)N(CC)CC)n2ccccc12. The van der Waals surface area contributed by atoms with E-state index >= 15 is 0 Å². The second-order valence-corrected chi connectivity index (χ2v) is 5.19. The lowest BCUT2D eigenvalue weighted by atomic mass is 10.3. The van der Waals surface area contributed by atoms with Crippen LogP contribution in [0.5, 0.6) is 0 Å². The van der Waals surface area contributed by atoms with Gasteiger partial charge in [-0.1, -0.05) is 6.07 Å². The van der Waals surface area contributed by atoms with Crippen LogP contribution in [0.25, 0.3) is 5.52 Å². The van der Waals surface area contributed by atoms with Crippen LogP contribution in [0.4, 0.5) is 0 Å². The molecule has 0 unspecified atom stereocenters. The average molecular weight is 316 g/mol. The summed E-state index contributed by atoms with van der Waals surface area (Å²) in [7, 11) is 0. The summed E-state index contributed by atoms with van der Waals surface area (Å²) in [6.45, 7) is 10.2. The van der Waals surface area contributed by atoms with E-state index in [2.05, 4.69) is 4.98 Å². The monoisotopic (exact) mass is 316 g/mol. The van der Waals surface area contributed by atoms with Gasteiger partial charge in [-0.25, -0.2) is 4.98 Å². The number of hydrogen-bond donors (Lipinski definition) is 0. The van der Waals surface area contributed by atoms with Crippen LogP contribution < -0.4 is 0 Å². The van der Waals surface area contributed by atoms with Crippen molar-refractivity contribution in [1.29, 1.82) is 0 Å². The Morgan fingerprint density at radius 3 is 2.09 bits per heavy atom. The second kappa shape index (κ2) is 7.26. The molecule has 2 aromatic heterocycles. The van der Waals surface area contributed by atoms with Gasteiger partial charge >= 0.3 is 0 Å². The van der Waals surface area contributed by atoms with E-state index in [1.54, 1.807) is 20.4 Å². The highest BCUT2D eigenvalue weighted by molar-refractivity contribution is 6.02. The van der Waals surface area contributed by atoms with Gasteiger partial charge in [0, 0.05) is 32.4 Å². The first-order valence-corrected chi connectivity index (χ1v) is 8.14. The van der Waals surface area contributed by atoms with Crippen LogP contribution in [0.3, 0.4) is 0 Å². The Bertz CT molecular complexity index is 642. The van der Waals surface area contributed by atoms with Crippen LogP contribution in [0, 0.1) is 0 Å². The molecule has 0 atom stereocenters. The molecule has 2 rings (SSSR count). The molecule has 2 aromatic rings. The molecule has 0 fully saturated rings. The number of fused-ring (bicyclic) bond motifs is 1. The van der Waals surface area contributed by atoms with Gasteiger partial charge in [0.2, 0.25) is 5.82 Å². The van der Waals surface area contributed by atoms with Crippen LogP contribution in [0.2, 0.25) is 0 Å². The molecule has 0 aromatic carbocycles. The third-order valence-electron chi connectivity index (χ3n) is 4.04. The van der Waals surface area contributed by atoms with Gasteiger partial charge in [-0.2, -0.15) is 0 Å². The smallest absolute Gasteiger partial charge is 0.290 e. The molecule has 0 aliphatic heterocycles. The summed E-state index contributed by atoms with van der Waals surface area (Å²) in [6, 6.07) is 5.50. The Labute approximate surface area is 136 Å². The zero-order valence-corrected chi connectivity index (χ0v) is 14.2. The molecule has 23 heavy (non-hydrogen) atoms. The van der Waals surface area contributed by atoms with Gasteiger partial charge in [0.25, 0.3) is 11.8 Å². The summed E-state index contributed by atoms with van der Waals surface area (Å²) in [4.78, 5) is 33.2. The van der Waals surface area contributed by atoms with E-state index in [-0.39, 0.29) is 11.8 Å². The highest BCUT2D eigenvalue weighted by atomic mass is 16.2. The second-order valence-electron chi connectivity index (χ2n) is 5.19. The zero-order valence-electron chi connectivity index (χ0n) is 14.2. The van der Waals surface area contributed by atoms with Crippen molar-refractivity contribution in [2.45, 2.75) is 27.7 Å². The van der Waals surface area contributed by atoms with Crippen LogP contribution in [0.1, 0.15) is 48.8 Å². The maximum atomic E-state index is 12.7. The highest BCUT2D eigenvalue weighted by Gasteiger charge is 2.25. The fourth-order valence-corrected chi connectivity index (χ4v) is 2.66. The zero-order chi connectivity index (χ0) is 17.0. The van der Waals surface area contributed by atoms with Gasteiger partial charge in [0.15, 0.2) is 5.69 Å². The van der Waals surface area contributed by atoms with E-state index in [0.29, 0.717) is 43.2 Å². The molecule has 6 nitrogen and oxygen atoms in total. The van der Waals surface area contributed by atoms with Gasteiger partial charge in [0.05, 0.1) is 5.52 Å². The Morgan fingerprint density at radius 1 is 0.957 bits per heavy atom. The molecule has 0 radical (unpaired) electrons. The first-order chi connectivity index (χ1) is 11.1. The molecule has 0 bridgehead atoms. The van der Waals surface area contributed by atoms with Crippen LogP contribution >= 0.6 is 0 Å². The van der Waals surface area contributed by atoms with E-state index < -0.39 is 0 Å². The maximum absolute atomic E-state index is 12.7. The molecule has 0 N–H and O–H groups in total. The number of pyridine rings is 1. The number of carbonyl (C=O) groups excluding carboxylic acids is 2. The predicted molar refractivity (Wildman–Crippen MR) is 89.7 cm³/mol. The third kappa shape index (κ3) is 3.06. The van der Waals surface area contributed by atoms with Crippen LogP contribution in [-0.4, -0.2) is 57.2 Å². The number of amides is 2. The number of hydrogen-bond acceptors (Lipinski definition) is 3. The number of nitrogens with zero attached hydrogens (tertiary/aromatic N) is 4. The molecule has 0 aliphatic rings. The fraction of sp³-hybridized carbons (Fsp3) is 0.471. The van der Waals surface area contributed by atoms with Crippen molar-refractivity contribution < 1.29 is 9.59 Å². The van der Waals surface area contributed by atoms with Crippen molar-refractivity contribution in [3.05, 3.63) is 35.9 Å². The number of carbonyl (C=O) groups is 2. The molecule has 0 spiro atoms. The Balaban J connectivity index is 2.57. The van der Waals surface area contributed by atoms with Crippen molar-refractivity contribution in [2.24, 2.45) is 0 Å². The Hall–Kier alpha value is -2.37. The van der Waals surface area contributed by atoms with Crippen molar-refractivity contribution in [3.63, 3.8) is 0 Å². The molecule has 2 amide bonds. The molecular weight excluding hydrogens is 292 g/mol. The topological polar surface area (TPSA) is 57.9 Å². The minimum atomic E-state index is -0.158. The lowest BCUT2D eigenvalue weighted by Crippen LogP contribution is -2.32. The van der Waals surface area contributed by atoms with E-state index in [9.17, 15) is 9.59 Å². The normalized spacial score (nSPS) is 10.8. The minimum absolute atomic E-state index is 0.141. The third-order valence-corrected chi connectivity index (χ3v) is 4.04.